The monoisotopic (exact) mass is 247 g/mol. The summed E-state index contributed by atoms with van der Waals surface area (Å²) in [7, 11) is 0. The largest absolute Gasteiger partial charge is 0.489 e. The maximum atomic E-state index is 5.95. The summed E-state index contributed by atoms with van der Waals surface area (Å²) < 4.78 is 5.95. The highest BCUT2D eigenvalue weighted by atomic mass is 16.5. The molecule has 2 nitrogen and oxygen atoms in total. The Morgan fingerprint density at radius 1 is 1.22 bits per heavy atom. The third kappa shape index (κ3) is 3.74. The molecule has 0 heterocycles. The Kier molecular flexibility index (Phi) is 4.65. The van der Waals surface area contributed by atoms with Crippen molar-refractivity contribution < 1.29 is 4.74 Å². The molecule has 1 unspecified atom stereocenters. The van der Waals surface area contributed by atoms with E-state index in [4.69, 9.17) is 4.74 Å². The first-order chi connectivity index (χ1) is 8.65. The maximum Gasteiger partial charge on any atom is 0.120 e. The summed E-state index contributed by atoms with van der Waals surface area (Å²) in [6.07, 6.45) is 5.65. The van der Waals surface area contributed by atoms with Crippen LogP contribution in [0.3, 0.4) is 0 Å². The number of rotatable bonds is 5. The molecule has 0 radical (unpaired) electrons. The van der Waals surface area contributed by atoms with Crippen molar-refractivity contribution in [3.63, 3.8) is 0 Å². The van der Waals surface area contributed by atoms with Crippen LogP contribution in [0, 0.1) is 13.8 Å². The van der Waals surface area contributed by atoms with Crippen molar-refractivity contribution in [2.24, 2.45) is 0 Å². The van der Waals surface area contributed by atoms with Gasteiger partial charge < -0.3 is 10.1 Å². The Labute approximate surface area is 111 Å². The zero-order chi connectivity index (χ0) is 13.0. The average Bonchev–Trinajstić information content (AvgIpc) is 2.84. The molecule has 0 amide bonds. The second-order valence-electron chi connectivity index (χ2n) is 5.56. The Morgan fingerprint density at radius 3 is 2.61 bits per heavy atom. The first kappa shape index (κ1) is 13.4. The number of benzene rings is 1. The van der Waals surface area contributed by atoms with Crippen LogP contribution in [0.25, 0.3) is 0 Å². The van der Waals surface area contributed by atoms with Crippen LogP contribution in [0.5, 0.6) is 5.75 Å². The molecule has 0 aliphatic heterocycles. The molecule has 0 bridgehead atoms. The summed E-state index contributed by atoms with van der Waals surface area (Å²) in [6, 6.07) is 7.04. The summed E-state index contributed by atoms with van der Waals surface area (Å²) in [6.45, 7) is 7.34. The minimum Gasteiger partial charge on any atom is -0.489 e. The fourth-order valence-corrected chi connectivity index (χ4v) is 2.52. The van der Waals surface area contributed by atoms with Crippen LogP contribution in [0.2, 0.25) is 0 Å². The Hall–Kier alpha value is -1.02. The number of nitrogens with one attached hydrogen (secondary N) is 1. The van der Waals surface area contributed by atoms with E-state index in [0.717, 1.165) is 18.3 Å². The van der Waals surface area contributed by atoms with Crippen LogP contribution < -0.4 is 10.1 Å². The molecule has 18 heavy (non-hydrogen) atoms. The Bertz CT molecular complexity index is 383. The van der Waals surface area contributed by atoms with Crippen molar-refractivity contribution in [3.05, 3.63) is 29.3 Å². The molecule has 1 aliphatic rings. The number of hydrogen-bond acceptors (Lipinski definition) is 2. The molecular formula is C16H25NO. The summed E-state index contributed by atoms with van der Waals surface area (Å²) in [5.41, 5.74) is 2.61. The molecule has 100 valence electrons. The van der Waals surface area contributed by atoms with Crippen molar-refractivity contribution in [2.75, 3.05) is 6.54 Å². The van der Waals surface area contributed by atoms with E-state index in [1.54, 1.807) is 0 Å². The first-order valence-electron chi connectivity index (χ1n) is 7.12. The van der Waals surface area contributed by atoms with Gasteiger partial charge in [0.05, 0.1) is 0 Å². The van der Waals surface area contributed by atoms with Gasteiger partial charge in [-0.05, 0) is 56.9 Å². The van der Waals surface area contributed by atoms with E-state index >= 15 is 0 Å². The van der Waals surface area contributed by atoms with E-state index in [1.807, 2.05) is 0 Å². The molecule has 1 saturated carbocycles. The van der Waals surface area contributed by atoms with Gasteiger partial charge in [-0.2, -0.15) is 0 Å². The zero-order valence-corrected chi connectivity index (χ0v) is 11.8. The normalized spacial score (nSPS) is 17.9. The van der Waals surface area contributed by atoms with Gasteiger partial charge in [-0.15, -0.1) is 0 Å². The molecule has 1 N–H and O–H groups in total. The van der Waals surface area contributed by atoms with E-state index in [1.165, 1.54) is 36.8 Å². The second-order valence-corrected chi connectivity index (χ2v) is 5.56. The standard InChI is InChI=1S/C16H25NO/c1-12-8-9-16(10-13(12)2)18-14(3)11-17-15-6-4-5-7-15/h8-10,14-15,17H,4-7,11H2,1-3H3. The van der Waals surface area contributed by atoms with E-state index in [-0.39, 0.29) is 6.10 Å². The van der Waals surface area contributed by atoms with Crippen molar-refractivity contribution in [1.82, 2.24) is 5.32 Å². The van der Waals surface area contributed by atoms with Gasteiger partial charge in [-0.25, -0.2) is 0 Å². The maximum absolute atomic E-state index is 5.95. The van der Waals surface area contributed by atoms with Crippen molar-refractivity contribution in [3.8, 4) is 5.75 Å². The Morgan fingerprint density at radius 2 is 1.94 bits per heavy atom. The fourth-order valence-electron chi connectivity index (χ4n) is 2.52. The zero-order valence-electron chi connectivity index (χ0n) is 11.8. The SMILES string of the molecule is Cc1ccc(OC(C)CNC2CCCC2)cc1C. The third-order valence-electron chi connectivity index (χ3n) is 3.86. The molecule has 0 spiro atoms. The molecule has 2 heteroatoms. The first-order valence-corrected chi connectivity index (χ1v) is 7.12. The summed E-state index contributed by atoms with van der Waals surface area (Å²) in [4.78, 5) is 0. The van der Waals surface area contributed by atoms with E-state index in [9.17, 15) is 0 Å². The van der Waals surface area contributed by atoms with Gasteiger partial charge in [-0.1, -0.05) is 18.9 Å². The number of ether oxygens (including phenoxy) is 1. The molecule has 1 aromatic carbocycles. The Balaban J connectivity index is 1.78. The van der Waals surface area contributed by atoms with Gasteiger partial charge in [0.15, 0.2) is 0 Å². The second kappa shape index (κ2) is 6.24. The summed E-state index contributed by atoms with van der Waals surface area (Å²) in [5.74, 6) is 0.985. The molecule has 2 rings (SSSR count). The number of aryl methyl sites for hydroxylation is 2. The predicted octanol–water partition coefficient (Wildman–Crippen LogP) is 3.60. The smallest absolute Gasteiger partial charge is 0.120 e. The van der Waals surface area contributed by atoms with Crippen LogP contribution in [-0.2, 0) is 0 Å². The lowest BCUT2D eigenvalue weighted by atomic mass is 10.1. The van der Waals surface area contributed by atoms with Gasteiger partial charge in [0.1, 0.15) is 11.9 Å². The highest BCUT2D eigenvalue weighted by molar-refractivity contribution is 5.33. The molecule has 1 fully saturated rings. The minimum atomic E-state index is 0.229. The summed E-state index contributed by atoms with van der Waals surface area (Å²) >= 11 is 0. The predicted molar refractivity (Wildman–Crippen MR) is 76.3 cm³/mol. The minimum absolute atomic E-state index is 0.229. The fraction of sp³-hybridized carbons (Fsp3) is 0.625. The average molecular weight is 247 g/mol. The van der Waals surface area contributed by atoms with E-state index < -0.39 is 0 Å². The van der Waals surface area contributed by atoms with Crippen molar-refractivity contribution >= 4 is 0 Å². The third-order valence-corrected chi connectivity index (χ3v) is 3.86. The van der Waals surface area contributed by atoms with Gasteiger partial charge >= 0.3 is 0 Å². The quantitative estimate of drug-likeness (QED) is 0.858. The van der Waals surface area contributed by atoms with Gasteiger partial charge in [0, 0.05) is 12.6 Å². The molecule has 0 saturated heterocycles. The summed E-state index contributed by atoms with van der Waals surface area (Å²) in [5, 5.41) is 3.60. The molecule has 1 aromatic rings. The van der Waals surface area contributed by atoms with E-state index in [2.05, 4.69) is 44.3 Å². The van der Waals surface area contributed by atoms with Crippen LogP contribution >= 0.6 is 0 Å². The van der Waals surface area contributed by atoms with Crippen LogP contribution in [-0.4, -0.2) is 18.7 Å². The topological polar surface area (TPSA) is 21.3 Å². The highest BCUT2D eigenvalue weighted by Crippen LogP contribution is 2.19. The van der Waals surface area contributed by atoms with E-state index in [0.29, 0.717) is 0 Å². The number of hydrogen-bond donors (Lipinski definition) is 1. The molecule has 0 aromatic heterocycles. The lowest BCUT2D eigenvalue weighted by Crippen LogP contribution is -2.35. The van der Waals surface area contributed by atoms with Crippen molar-refractivity contribution in [1.29, 1.82) is 0 Å². The molecule has 1 aliphatic carbocycles. The van der Waals surface area contributed by atoms with Gasteiger partial charge in [-0.3, -0.25) is 0 Å². The van der Waals surface area contributed by atoms with Crippen LogP contribution in [0.1, 0.15) is 43.7 Å². The highest BCUT2D eigenvalue weighted by Gasteiger charge is 2.15. The molecular weight excluding hydrogens is 222 g/mol. The van der Waals surface area contributed by atoms with Crippen LogP contribution in [0.15, 0.2) is 18.2 Å². The van der Waals surface area contributed by atoms with Crippen molar-refractivity contribution in [2.45, 2.75) is 58.6 Å². The van der Waals surface area contributed by atoms with Gasteiger partial charge in [0.2, 0.25) is 0 Å². The van der Waals surface area contributed by atoms with Crippen LogP contribution in [0.4, 0.5) is 0 Å². The lowest BCUT2D eigenvalue weighted by Gasteiger charge is -2.19. The lowest BCUT2D eigenvalue weighted by molar-refractivity contribution is 0.211. The van der Waals surface area contributed by atoms with Gasteiger partial charge in [0.25, 0.3) is 0 Å². The molecule has 1 atom stereocenters.